The molecule has 1 saturated heterocycles. The topological polar surface area (TPSA) is 204 Å². The number of sulfonamides is 1. The summed E-state index contributed by atoms with van der Waals surface area (Å²) < 4.78 is 42.4. The van der Waals surface area contributed by atoms with Gasteiger partial charge in [-0.25, -0.2) is 23.2 Å². The van der Waals surface area contributed by atoms with Gasteiger partial charge in [-0.15, -0.1) is 11.3 Å². The molecular formula is C45H56N8O8S2. The molecule has 336 valence electrons. The first-order valence-electron chi connectivity index (χ1n) is 22.4. The van der Waals surface area contributed by atoms with Gasteiger partial charge in [-0.1, -0.05) is 57.0 Å². The molecule has 2 aliphatic heterocycles. The van der Waals surface area contributed by atoms with Crippen LogP contribution in [0.3, 0.4) is 0 Å². The van der Waals surface area contributed by atoms with Crippen molar-refractivity contribution in [1.29, 1.82) is 0 Å². The molecule has 3 aliphatic carbocycles. The number of allylic oxidation sites excluding steroid dienone is 1. The third kappa shape index (κ3) is 8.40. The summed E-state index contributed by atoms with van der Waals surface area (Å²) in [6, 6.07) is 5.72. The quantitative estimate of drug-likeness (QED) is 0.163. The maximum Gasteiger partial charge on any atom is 0.408 e. The Labute approximate surface area is 371 Å². The van der Waals surface area contributed by atoms with Crippen molar-refractivity contribution in [2.75, 3.05) is 6.54 Å². The zero-order valence-electron chi connectivity index (χ0n) is 36.2. The van der Waals surface area contributed by atoms with Gasteiger partial charge in [-0.2, -0.15) is 4.98 Å². The molecule has 3 N–H and O–H groups in total. The molecule has 5 heterocycles. The van der Waals surface area contributed by atoms with Crippen LogP contribution in [0.4, 0.5) is 4.79 Å². The number of aromatic nitrogens is 4. The molecular weight excluding hydrogens is 845 g/mol. The van der Waals surface area contributed by atoms with Gasteiger partial charge in [-0.05, 0) is 83.1 Å². The van der Waals surface area contributed by atoms with Crippen LogP contribution in [0.25, 0.3) is 32.8 Å². The van der Waals surface area contributed by atoms with E-state index in [9.17, 15) is 27.6 Å². The molecule has 63 heavy (non-hydrogen) atoms. The second kappa shape index (κ2) is 16.8. The van der Waals surface area contributed by atoms with Gasteiger partial charge in [0.2, 0.25) is 27.7 Å². The van der Waals surface area contributed by atoms with Crippen LogP contribution >= 0.6 is 11.3 Å². The van der Waals surface area contributed by atoms with Crippen LogP contribution in [0.2, 0.25) is 0 Å². The normalized spacial score (nSPS) is 26.5. The molecule has 0 spiro atoms. The summed E-state index contributed by atoms with van der Waals surface area (Å²) in [6.07, 6.45) is 9.93. The molecule has 3 aromatic heterocycles. The van der Waals surface area contributed by atoms with Crippen LogP contribution in [0.5, 0.6) is 5.88 Å². The SMILES string of the molecule is CC(C)c1csc(-c2nc(O[C@@H]3C[C@H]4C(=O)N[C@]5(C(=O)NS(=O)(=O)C6(C)CC6)C[C@H]5C=CCCCCC[C@H](NC(=O)OC5CCCC5)C(=O)N4C3)c3c(n2)c2ccccc2n3C)n1. The lowest BCUT2D eigenvalue weighted by Gasteiger charge is -2.30. The Morgan fingerprint density at radius 2 is 1.76 bits per heavy atom. The number of rotatable bonds is 9. The van der Waals surface area contributed by atoms with Crippen molar-refractivity contribution >= 4 is 67.1 Å². The number of para-hydroxylation sites is 1. The molecule has 18 heteroatoms. The minimum Gasteiger partial charge on any atom is -0.471 e. The number of nitrogens with zero attached hydrogens (tertiary/aromatic N) is 5. The molecule has 5 atom stereocenters. The van der Waals surface area contributed by atoms with Gasteiger partial charge < -0.3 is 29.6 Å². The van der Waals surface area contributed by atoms with Crippen molar-refractivity contribution in [3.8, 4) is 16.7 Å². The zero-order chi connectivity index (χ0) is 44.3. The van der Waals surface area contributed by atoms with Crippen molar-refractivity contribution in [3.05, 3.63) is 47.5 Å². The van der Waals surface area contributed by atoms with E-state index in [1.54, 1.807) is 6.92 Å². The maximum absolute atomic E-state index is 14.9. The van der Waals surface area contributed by atoms with Gasteiger partial charge in [-0.3, -0.25) is 19.1 Å². The molecule has 0 radical (unpaired) electrons. The van der Waals surface area contributed by atoms with E-state index in [-0.39, 0.29) is 37.3 Å². The number of benzene rings is 1. The average molecular weight is 901 g/mol. The number of carbonyl (C=O) groups excluding carboxylic acids is 4. The highest BCUT2D eigenvalue weighted by Crippen LogP contribution is 2.48. The van der Waals surface area contributed by atoms with Crippen LogP contribution in [0.1, 0.15) is 116 Å². The van der Waals surface area contributed by atoms with Gasteiger partial charge in [0.25, 0.3) is 5.91 Å². The van der Waals surface area contributed by atoms with E-state index in [0.29, 0.717) is 54.0 Å². The highest BCUT2D eigenvalue weighted by atomic mass is 32.2. The number of fused-ring (bicyclic) bond motifs is 5. The molecule has 5 aliphatic rings. The van der Waals surface area contributed by atoms with Gasteiger partial charge in [0.15, 0.2) is 10.8 Å². The zero-order valence-corrected chi connectivity index (χ0v) is 37.9. The van der Waals surface area contributed by atoms with E-state index < -0.39 is 68.2 Å². The van der Waals surface area contributed by atoms with E-state index in [0.717, 1.165) is 55.1 Å². The highest BCUT2D eigenvalue weighted by molar-refractivity contribution is 7.91. The van der Waals surface area contributed by atoms with E-state index in [4.69, 9.17) is 24.4 Å². The molecule has 3 saturated carbocycles. The lowest BCUT2D eigenvalue weighted by molar-refractivity contribution is -0.141. The number of alkyl carbamates (subject to hydrolysis) is 1. The first kappa shape index (κ1) is 43.2. The van der Waals surface area contributed by atoms with Crippen molar-refractivity contribution in [2.24, 2.45) is 13.0 Å². The smallest absolute Gasteiger partial charge is 0.408 e. The summed E-state index contributed by atoms with van der Waals surface area (Å²) in [7, 11) is -2.11. The van der Waals surface area contributed by atoms with E-state index >= 15 is 0 Å². The fourth-order valence-corrected chi connectivity index (χ4v) is 11.5. The van der Waals surface area contributed by atoms with Crippen LogP contribution in [-0.2, 0) is 36.2 Å². The predicted octanol–water partition coefficient (Wildman–Crippen LogP) is 6.15. The highest BCUT2D eigenvalue weighted by Gasteiger charge is 2.63. The van der Waals surface area contributed by atoms with Gasteiger partial charge >= 0.3 is 6.09 Å². The Balaban J connectivity index is 1.07. The van der Waals surface area contributed by atoms with E-state index in [1.165, 1.54) is 16.2 Å². The Bertz CT molecular complexity index is 2600. The second-order valence-corrected chi connectivity index (χ2v) is 21.6. The van der Waals surface area contributed by atoms with Crippen LogP contribution < -0.4 is 20.1 Å². The predicted molar refractivity (Wildman–Crippen MR) is 237 cm³/mol. The van der Waals surface area contributed by atoms with Gasteiger partial charge in [0.1, 0.15) is 40.9 Å². The molecule has 0 unspecified atom stereocenters. The first-order chi connectivity index (χ1) is 30.2. The molecule has 4 amide bonds. The van der Waals surface area contributed by atoms with Crippen molar-refractivity contribution in [3.63, 3.8) is 0 Å². The number of hydrogen-bond donors (Lipinski definition) is 3. The van der Waals surface area contributed by atoms with Crippen molar-refractivity contribution in [2.45, 2.75) is 145 Å². The minimum atomic E-state index is -4.01. The maximum atomic E-state index is 14.9. The molecule has 16 nitrogen and oxygen atoms in total. The number of nitrogens with one attached hydrogen (secondary N) is 3. The summed E-state index contributed by atoms with van der Waals surface area (Å²) in [4.78, 5) is 73.3. The van der Waals surface area contributed by atoms with Crippen molar-refractivity contribution in [1.82, 2.24) is 39.8 Å². The Morgan fingerprint density at radius 3 is 2.51 bits per heavy atom. The van der Waals surface area contributed by atoms with Crippen LogP contribution in [0.15, 0.2) is 41.8 Å². The average Bonchev–Trinajstić information content (AvgIpc) is 3.76. The minimum absolute atomic E-state index is 0.0188. The number of aryl methyl sites for hydroxylation is 1. The number of amides is 4. The Kier molecular flexibility index (Phi) is 11.5. The largest absolute Gasteiger partial charge is 0.471 e. The molecule has 0 bridgehead atoms. The van der Waals surface area contributed by atoms with Crippen LogP contribution in [-0.4, -0.2) is 97.8 Å². The molecule has 9 rings (SSSR count). The summed E-state index contributed by atoms with van der Waals surface area (Å²) >= 11 is 1.44. The first-order valence-corrected chi connectivity index (χ1v) is 24.7. The molecule has 4 fully saturated rings. The summed E-state index contributed by atoms with van der Waals surface area (Å²) in [6.45, 7) is 5.70. The summed E-state index contributed by atoms with van der Waals surface area (Å²) in [5, 5.41) is 9.31. The Hall–Kier alpha value is -5.10. The molecule has 1 aromatic carbocycles. The fourth-order valence-electron chi connectivity index (χ4n) is 9.28. The number of carbonyl (C=O) groups is 4. The standard InChI is InChI=1S/C45H56N8O8S2/c1-26(2)32-25-62-40(46-32)37-48-35-30-17-12-13-19-33(30)52(4)36(35)39(49-37)60-29-22-34-38(54)50-45(42(56)51-63(58,59)44(3)20-21-44)23-27(45)14-8-6-5-7-9-18-31(41(55)53(34)24-29)47-43(57)61-28-15-10-11-16-28/h8,12-14,17,19,25-29,31,34H,5-7,9-11,15-16,18,20-24H2,1-4H3,(H,47,57)(H,50,54)(H,51,56)/t27-,29-,31+,34+,45-/m1/s1. The summed E-state index contributed by atoms with van der Waals surface area (Å²) in [5.74, 6) is -1.51. The third-order valence-corrected chi connectivity index (χ3v) is 16.7. The van der Waals surface area contributed by atoms with Gasteiger partial charge in [0.05, 0.1) is 22.5 Å². The summed E-state index contributed by atoms with van der Waals surface area (Å²) in [5.41, 5.74) is 1.58. The van der Waals surface area contributed by atoms with Crippen LogP contribution in [0, 0.1) is 5.92 Å². The fraction of sp³-hybridized carbons (Fsp3) is 0.578. The number of hydrogen-bond acceptors (Lipinski definition) is 12. The number of thiazole rings is 1. The Morgan fingerprint density at radius 1 is 1.00 bits per heavy atom. The van der Waals surface area contributed by atoms with Gasteiger partial charge in [0, 0.05) is 30.2 Å². The lowest BCUT2D eigenvalue weighted by Crippen LogP contribution is -2.58. The second-order valence-electron chi connectivity index (χ2n) is 18.6. The third-order valence-electron chi connectivity index (χ3n) is 13.6. The monoisotopic (exact) mass is 900 g/mol. The lowest BCUT2D eigenvalue weighted by atomic mass is 10.0. The molecule has 4 aromatic rings. The van der Waals surface area contributed by atoms with Crippen molar-refractivity contribution < 1.29 is 37.1 Å². The number of ether oxygens (including phenoxy) is 2. The van der Waals surface area contributed by atoms with E-state index in [2.05, 4.69) is 29.2 Å². The van der Waals surface area contributed by atoms with E-state index in [1.807, 2.05) is 53.4 Å².